The molecule has 2 atom stereocenters. The Morgan fingerprint density at radius 3 is 1.35 bits per heavy atom. The number of unbranched alkanes of at least 4 members (excludes halogenated alkanes) is 27. The van der Waals surface area contributed by atoms with Gasteiger partial charge in [0.15, 0.2) is 0 Å². The van der Waals surface area contributed by atoms with E-state index in [1.165, 1.54) is 154 Å². The highest BCUT2D eigenvalue weighted by Crippen LogP contribution is 2.38. The third-order valence-corrected chi connectivity index (χ3v) is 11.4. The third kappa shape index (κ3) is 45.9. The first-order valence-corrected chi connectivity index (χ1v) is 25.5. The quantitative estimate of drug-likeness (QED) is 0.0198. The van der Waals surface area contributed by atoms with Gasteiger partial charge in [0.05, 0.1) is 34.4 Å². The molecule has 0 heterocycles. The third-order valence-electron chi connectivity index (χ3n) is 10.5. The summed E-state index contributed by atoms with van der Waals surface area (Å²) in [6, 6.07) is 0. The molecule has 8 nitrogen and oxygen atoms in total. The number of phosphoric ester groups is 1. The Morgan fingerprint density at radius 1 is 0.526 bits per heavy atom. The largest absolute Gasteiger partial charge is 0.756 e. The number of esters is 1. The summed E-state index contributed by atoms with van der Waals surface area (Å²) >= 11 is 0. The molecular formula is C48H94NO7P. The average Bonchev–Trinajstić information content (AvgIpc) is 3.16. The van der Waals surface area contributed by atoms with Gasteiger partial charge in [-0.25, -0.2) is 0 Å². The van der Waals surface area contributed by atoms with Crippen molar-refractivity contribution in [3.05, 3.63) is 24.3 Å². The van der Waals surface area contributed by atoms with E-state index < -0.39 is 13.9 Å². The Balaban J connectivity index is 4.12. The maximum Gasteiger partial charge on any atom is 0.306 e. The summed E-state index contributed by atoms with van der Waals surface area (Å²) in [4.78, 5) is 25.1. The zero-order valence-corrected chi connectivity index (χ0v) is 39.2. The summed E-state index contributed by atoms with van der Waals surface area (Å²) in [6.45, 7) is 5.41. The van der Waals surface area contributed by atoms with Crippen LogP contribution in [0.15, 0.2) is 24.3 Å². The highest BCUT2D eigenvalue weighted by molar-refractivity contribution is 7.45. The molecule has 0 bridgehead atoms. The number of carbonyl (C=O) groups excluding carboxylic acids is 1. The number of likely N-dealkylation sites (N-methyl/N-ethyl adjacent to an activating group) is 1. The smallest absolute Gasteiger partial charge is 0.306 e. The molecule has 0 amide bonds. The van der Waals surface area contributed by atoms with Gasteiger partial charge in [0.25, 0.3) is 7.82 Å². The molecule has 0 aromatic rings. The molecule has 57 heavy (non-hydrogen) atoms. The molecule has 0 aliphatic rings. The molecule has 0 aromatic carbocycles. The van der Waals surface area contributed by atoms with Gasteiger partial charge in [0.1, 0.15) is 19.3 Å². The van der Waals surface area contributed by atoms with E-state index in [0.717, 1.165) is 44.9 Å². The highest BCUT2D eigenvalue weighted by atomic mass is 31.2. The predicted molar refractivity (Wildman–Crippen MR) is 240 cm³/mol. The Morgan fingerprint density at radius 2 is 0.912 bits per heavy atom. The highest BCUT2D eigenvalue weighted by Gasteiger charge is 2.20. The first-order chi connectivity index (χ1) is 27.6. The maximum absolute atomic E-state index is 12.7. The zero-order valence-electron chi connectivity index (χ0n) is 38.3. The van der Waals surface area contributed by atoms with E-state index in [1.807, 2.05) is 21.1 Å². The van der Waals surface area contributed by atoms with Crippen molar-refractivity contribution in [2.45, 2.75) is 225 Å². The Kier molecular flexibility index (Phi) is 41.0. The normalized spacial score (nSPS) is 13.9. The number of ether oxygens (including phenoxy) is 2. The summed E-state index contributed by atoms with van der Waals surface area (Å²) in [5.74, 6) is -0.342. The monoisotopic (exact) mass is 828 g/mol. The topological polar surface area (TPSA) is 94.1 Å². The van der Waals surface area contributed by atoms with Crippen molar-refractivity contribution in [1.29, 1.82) is 0 Å². The van der Waals surface area contributed by atoms with E-state index in [2.05, 4.69) is 38.2 Å². The molecule has 338 valence electrons. The number of hydrogen-bond acceptors (Lipinski definition) is 7. The van der Waals surface area contributed by atoms with Crippen LogP contribution in [0, 0.1) is 0 Å². The number of nitrogens with zero attached hydrogens (tertiary/aromatic N) is 1. The summed E-state index contributed by atoms with van der Waals surface area (Å²) in [5.41, 5.74) is 0. The molecule has 2 unspecified atom stereocenters. The van der Waals surface area contributed by atoms with Crippen molar-refractivity contribution < 1.29 is 37.3 Å². The predicted octanol–water partition coefficient (Wildman–Crippen LogP) is 13.8. The van der Waals surface area contributed by atoms with E-state index in [1.54, 1.807) is 0 Å². The Bertz CT molecular complexity index is 967. The molecular weight excluding hydrogens is 734 g/mol. The fourth-order valence-electron chi connectivity index (χ4n) is 6.71. The zero-order chi connectivity index (χ0) is 42.0. The second kappa shape index (κ2) is 41.7. The molecule has 0 aliphatic carbocycles. The SMILES string of the molecule is CCCCCC/C=C\CCCCCCCC(=O)OC(COCCCCCCCCCCCC/C=C\CCCCCCCCCC)COP(=O)([O-])OCC[N+](C)(C)C. The summed E-state index contributed by atoms with van der Waals surface area (Å²) < 4.78 is 34.6. The molecule has 0 N–H and O–H groups in total. The van der Waals surface area contributed by atoms with Crippen LogP contribution in [0.4, 0.5) is 0 Å². The first-order valence-electron chi connectivity index (χ1n) is 24.1. The molecule has 0 radical (unpaired) electrons. The van der Waals surface area contributed by atoms with Crippen LogP contribution in [-0.2, 0) is 27.9 Å². The van der Waals surface area contributed by atoms with Gasteiger partial charge in [0.2, 0.25) is 0 Å². The van der Waals surface area contributed by atoms with Crippen molar-refractivity contribution in [3.8, 4) is 0 Å². The fourth-order valence-corrected chi connectivity index (χ4v) is 7.44. The van der Waals surface area contributed by atoms with Gasteiger partial charge >= 0.3 is 5.97 Å². The van der Waals surface area contributed by atoms with Gasteiger partial charge in [0, 0.05) is 13.0 Å². The lowest BCUT2D eigenvalue weighted by Gasteiger charge is -2.28. The molecule has 0 saturated carbocycles. The number of phosphoric acid groups is 1. The van der Waals surface area contributed by atoms with E-state index in [0.29, 0.717) is 24.1 Å². The van der Waals surface area contributed by atoms with E-state index >= 15 is 0 Å². The van der Waals surface area contributed by atoms with E-state index in [-0.39, 0.29) is 25.8 Å². The van der Waals surface area contributed by atoms with Crippen LogP contribution in [0.1, 0.15) is 219 Å². The van der Waals surface area contributed by atoms with Crippen molar-refractivity contribution in [1.82, 2.24) is 0 Å². The van der Waals surface area contributed by atoms with Crippen molar-refractivity contribution in [2.24, 2.45) is 0 Å². The average molecular weight is 828 g/mol. The minimum absolute atomic E-state index is 0.0257. The minimum Gasteiger partial charge on any atom is -0.756 e. The molecule has 0 fully saturated rings. The number of carbonyl (C=O) groups is 1. The van der Waals surface area contributed by atoms with E-state index in [4.69, 9.17) is 18.5 Å². The van der Waals surface area contributed by atoms with Crippen LogP contribution < -0.4 is 4.89 Å². The molecule has 9 heteroatoms. The van der Waals surface area contributed by atoms with Gasteiger partial charge in [-0.2, -0.15) is 0 Å². The standard InChI is InChI=1S/C48H94NO7P/c1-6-8-10-12-14-16-18-20-21-22-23-24-25-26-27-28-30-32-34-36-38-40-43-53-45-47(46-55-57(51,52)54-44-42-49(3,4)5)56-48(50)41-39-37-35-33-31-29-19-17-15-13-11-9-7-2/h17,19,22-23,47H,6-16,18,20-21,24-46H2,1-5H3/b19-17-,23-22-. The van der Waals surface area contributed by atoms with Crippen LogP contribution >= 0.6 is 7.82 Å². The van der Waals surface area contributed by atoms with Gasteiger partial charge in [-0.05, 0) is 64.2 Å². The number of rotatable bonds is 45. The lowest BCUT2D eigenvalue weighted by molar-refractivity contribution is -0.870. The van der Waals surface area contributed by atoms with Crippen LogP contribution in [0.3, 0.4) is 0 Å². The van der Waals surface area contributed by atoms with E-state index in [9.17, 15) is 14.3 Å². The summed E-state index contributed by atoms with van der Waals surface area (Å²) in [5, 5.41) is 0. The lowest BCUT2D eigenvalue weighted by Crippen LogP contribution is -2.37. The molecule has 0 spiro atoms. The van der Waals surface area contributed by atoms with Crippen molar-refractivity contribution >= 4 is 13.8 Å². The molecule has 0 aliphatic heterocycles. The number of allylic oxidation sites excluding steroid dienone is 4. The fraction of sp³-hybridized carbons (Fsp3) is 0.896. The lowest BCUT2D eigenvalue weighted by atomic mass is 10.1. The number of hydrogen-bond donors (Lipinski definition) is 0. The van der Waals surface area contributed by atoms with Crippen LogP contribution in [0.25, 0.3) is 0 Å². The molecule has 0 saturated heterocycles. The number of quaternary nitrogens is 1. The Hall–Kier alpha value is -1.02. The second-order valence-corrected chi connectivity index (χ2v) is 18.9. The van der Waals surface area contributed by atoms with Gasteiger partial charge < -0.3 is 27.9 Å². The summed E-state index contributed by atoms with van der Waals surface area (Å²) in [6.07, 6.45) is 47.7. The van der Waals surface area contributed by atoms with Gasteiger partial charge in [-0.15, -0.1) is 0 Å². The maximum atomic E-state index is 12.7. The van der Waals surface area contributed by atoms with Gasteiger partial charge in [-0.1, -0.05) is 173 Å². The second-order valence-electron chi connectivity index (χ2n) is 17.5. The Labute approximate surface area is 353 Å². The van der Waals surface area contributed by atoms with Gasteiger partial charge in [-0.3, -0.25) is 9.36 Å². The van der Waals surface area contributed by atoms with Crippen LogP contribution in [-0.4, -0.2) is 70.7 Å². The van der Waals surface area contributed by atoms with Crippen molar-refractivity contribution in [2.75, 3.05) is 54.1 Å². The first kappa shape index (κ1) is 56.0. The minimum atomic E-state index is -4.52. The molecule has 0 rings (SSSR count). The summed E-state index contributed by atoms with van der Waals surface area (Å²) in [7, 11) is 1.36. The van der Waals surface area contributed by atoms with Crippen LogP contribution in [0.5, 0.6) is 0 Å². The van der Waals surface area contributed by atoms with Crippen LogP contribution in [0.2, 0.25) is 0 Å². The molecule has 0 aromatic heterocycles. The van der Waals surface area contributed by atoms with Crippen molar-refractivity contribution in [3.63, 3.8) is 0 Å².